The van der Waals surface area contributed by atoms with Crippen molar-refractivity contribution >= 4 is 29.2 Å². The second-order valence-corrected chi connectivity index (χ2v) is 4.56. The van der Waals surface area contributed by atoms with Gasteiger partial charge in [0.15, 0.2) is 0 Å². The maximum Gasteiger partial charge on any atom is 0.231 e. The lowest BCUT2D eigenvalue weighted by Crippen LogP contribution is -2.19. The maximum absolute atomic E-state index is 5.75. The van der Waals surface area contributed by atoms with E-state index in [1.807, 2.05) is 36.2 Å². The lowest BCUT2D eigenvalue weighted by Gasteiger charge is -2.17. The Balaban J connectivity index is 2.17. The molecule has 2 aromatic rings. The van der Waals surface area contributed by atoms with E-state index in [1.165, 1.54) is 0 Å². The fraction of sp³-hybridized carbons (Fsp3) is 0.250. The first-order valence-corrected chi connectivity index (χ1v) is 6.25. The molecule has 1 aromatic heterocycles. The van der Waals surface area contributed by atoms with Crippen LogP contribution in [0.1, 0.15) is 5.56 Å². The number of hydrogen-bond acceptors (Lipinski definition) is 5. The summed E-state index contributed by atoms with van der Waals surface area (Å²) in [6.07, 6.45) is 0. The van der Waals surface area contributed by atoms with Gasteiger partial charge in [0.05, 0.1) is 7.11 Å². The van der Waals surface area contributed by atoms with Crippen LogP contribution >= 0.6 is 23.2 Å². The summed E-state index contributed by atoms with van der Waals surface area (Å²) in [5.74, 6) is 1.23. The van der Waals surface area contributed by atoms with Gasteiger partial charge >= 0.3 is 0 Å². The first-order chi connectivity index (χ1) is 9.08. The normalized spacial score (nSPS) is 10.3. The van der Waals surface area contributed by atoms with Crippen molar-refractivity contribution in [1.82, 2.24) is 15.0 Å². The summed E-state index contributed by atoms with van der Waals surface area (Å²) in [6, 6.07) is 7.75. The van der Waals surface area contributed by atoms with Gasteiger partial charge < -0.3 is 9.64 Å². The number of aromatic nitrogens is 3. The smallest absolute Gasteiger partial charge is 0.231 e. The topological polar surface area (TPSA) is 51.1 Å². The number of methoxy groups -OCH3 is 1. The molecule has 5 nitrogen and oxygen atoms in total. The lowest BCUT2D eigenvalue weighted by atomic mass is 10.2. The van der Waals surface area contributed by atoms with Crippen LogP contribution in [0.25, 0.3) is 0 Å². The summed E-state index contributed by atoms with van der Waals surface area (Å²) in [5.41, 5.74) is 1.06. The molecule has 2 rings (SSSR count). The van der Waals surface area contributed by atoms with Crippen LogP contribution in [-0.2, 0) is 6.54 Å². The van der Waals surface area contributed by atoms with E-state index in [1.54, 1.807) is 7.11 Å². The Kier molecular flexibility index (Phi) is 4.39. The van der Waals surface area contributed by atoms with Crippen LogP contribution < -0.4 is 9.64 Å². The lowest BCUT2D eigenvalue weighted by molar-refractivity contribution is 0.414. The molecule has 100 valence electrons. The summed E-state index contributed by atoms with van der Waals surface area (Å²) < 4.78 is 5.18. The number of anilines is 1. The highest BCUT2D eigenvalue weighted by molar-refractivity contribution is 6.31. The molecule has 7 heteroatoms. The van der Waals surface area contributed by atoms with Gasteiger partial charge in [-0.15, -0.1) is 0 Å². The Hall–Kier alpha value is -1.59. The van der Waals surface area contributed by atoms with E-state index in [0.717, 1.165) is 11.3 Å². The third-order valence-corrected chi connectivity index (χ3v) is 2.80. The van der Waals surface area contributed by atoms with Crippen LogP contribution in [0, 0.1) is 0 Å². The van der Waals surface area contributed by atoms with Gasteiger partial charge in [-0.3, -0.25) is 0 Å². The monoisotopic (exact) mass is 298 g/mol. The Labute approximate surface area is 121 Å². The van der Waals surface area contributed by atoms with Gasteiger partial charge in [-0.25, -0.2) is 0 Å². The average Bonchev–Trinajstić information content (AvgIpc) is 2.37. The molecule has 0 amide bonds. The fourth-order valence-corrected chi connectivity index (χ4v) is 1.96. The highest BCUT2D eigenvalue weighted by Gasteiger charge is 2.09. The van der Waals surface area contributed by atoms with Crippen molar-refractivity contribution in [2.75, 3.05) is 19.1 Å². The van der Waals surface area contributed by atoms with Crippen molar-refractivity contribution < 1.29 is 4.74 Å². The first-order valence-electron chi connectivity index (χ1n) is 5.49. The maximum atomic E-state index is 5.75. The van der Waals surface area contributed by atoms with E-state index < -0.39 is 0 Å². The zero-order valence-corrected chi connectivity index (χ0v) is 12.0. The Bertz CT molecular complexity index is 559. The minimum atomic E-state index is 0.0764. The summed E-state index contributed by atoms with van der Waals surface area (Å²) in [4.78, 5) is 13.6. The van der Waals surface area contributed by atoms with Gasteiger partial charge in [0.1, 0.15) is 5.75 Å². The largest absolute Gasteiger partial charge is 0.497 e. The second-order valence-electron chi connectivity index (χ2n) is 3.88. The number of rotatable bonds is 4. The predicted molar refractivity (Wildman–Crippen MR) is 74.9 cm³/mol. The molecule has 0 saturated carbocycles. The highest BCUT2D eigenvalue weighted by Crippen LogP contribution is 2.17. The van der Waals surface area contributed by atoms with E-state index >= 15 is 0 Å². The molecular formula is C12H12Cl2N4O. The van der Waals surface area contributed by atoms with Crippen LogP contribution in [0.3, 0.4) is 0 Å². The number of ether oxygens (including phenoxy) is 1. The standard InChI is InChI=1S/C12H12Cl2N4O/c1-18(12-16-10(13)15-11(14)17-12)7-8-4-3-5-9(6-8)19-2/h3-6H,7H2,1-2H3. The zero-order valence-electron chi connectivity index (χ0n) is 10.5. The van der Waals surface area contributed by atoms with Crippen molar-refractivity contribution in [3.05, 3.63) is 40.4 Å². The number of nitrogens with zero attached hydrogens (tertiary/aromatic N) is 4. The van der Waals surface area contributed by atoms with Gasteiger partial charge in [0, 0.05) is 13.6 Å². The highest BCUT2D eigenvalue weighted by atomic mass is 35.5. The quantitative estimate of drug-likeness (QED) is 0.869. The number of hydrogen-bond donors (Lipinski definition) is 0. The van der Waals surface area contributed by atoms with Gasteiger partial charge in [-0.2, -0.15) is 15.0 Å². The molecule has 0 aliphatic rings. The summed E-state index contributed by atoms with van der Waals surface area (Å²) in [5, 5.41) is 0.153. The van der Waals surface area contributed by atoms with Crippen molar-refractivity contribution in [3.8, 4) is 5.75 Å². The minimum absolute atomic E-state index is 0.0764. The molecular weight excluding hydrogens is 287 g/mol. The molecule has 1 aromatic carbocycles. The Morgan fingerprint density at radius 3 is 2.47 bits per heavy atom. The van der Waals surface area contributed by atoms with Gasteiger partial charge in [0.25, 0.3) is 0 Å². The van der Waals surface area contributed by atoms with Crippen LogP contribution in [0.2, 0.25) is 10.6 Å². The molecule has 0 spiro atoms. The predicted octanol–water partition coefficient (Wildman–Crippen LogP) is 2.82. The molecule has 1 heterocycles. The van der Waals surface area contributed by atoms with Crippen molar-refractivity contribution in [3.63, 3.8) is 0 Å². The molecule has 0 radical (unpaired) electrons. The van der Waals surface area contributed by atoms with E-state index in [-0.39, 0.29) is 10.6 Å². The second kappa shape index (κ2) is 6.04. The SMILES string of the molecule is COc1cccc(CN(C)c2nc(Cl)nc(Cl)n2)c1. The molecule has 0 saturated heterocycles. The number of halogens is 2. The Morgan fingerprint density at radius 2 is 1.84 bits per heavy atom. The van der Waals surface area contributed by atoms with Crippen molar-refractivity contribution in [1.29, 1.82) is 0 Å². The van der Waals surface area contributed by atoms with E-state index in [4.69, 9.17) is 27.9 Å². The summed E-state index contributed by atoms with van der Waals surface area (Å²) in [6.45, 7) is 0.605. The van der Waals surface area contributed by atoms with Crippen molar-refractivity contribution in [2.45, 2.75) is 6.54 Å². The molecule has 0 aliphatic carbocycles. The van der Waals surface area contributed by atoms with Gasteiger partial charge in [-0.1, -0.05) is 12.1 Å². The first kappa shape index (κ1) is 13.8. The molecule has 0 N–H and O–H groups in total. The van der Waals surface area contributed by atoms with Crippen LogP contribution in [0.4, 0.5) is 5.95 Å². The molecule has 19 heavy (non-hydrogen) atoms. The van der Waals surface area contributed by atoms with Gasteiger partial charge in [-0.05, 0) is 40.9 Å². The van der Waals surface area contributed by atoms with E-state index in [2.05, 4.69) is 15.0 Å². The van der Waals surface area contributed by atoms with Crippen LogP contribution in [-0.4, -0.2) is 29.1 Å². The third kappa shape index (κ3) is 3.68. The van der Waals surface area contributed by atoms with Gasteiger partial charge in [0.2, 0.25) is 16.5 Å². The Morgan fingerprint density at radius 1 is 1.16 bits per heavy atom. The van der Waals surface area contributed by atoms with E-state index in [9.17, 15) is 0 Å². The molecule has 0 unspecified atom stereocenters. The average molecular weight is 299 g/mol. The van der Waals surface area contributed by atoms with Crippen LogP contribution in [0.5, 0.6) is 5.75 Å². The van der Waals surface area contributed by atoms with E-state index in [0.29, 0.717) is 12.5 Å². The molecule has 0 fully saturated rings. The minimum Gasteiger partial charge on any atom is -0.497 e. The molecule has 0 bridgehead atoms. The number of benzene rings is 1. The third-order valence-electron chi connectivity index (χ3n) is 2.46. The molecule has 0 aliphatic heterocycles. The van der Waals surface area contributed by atoms with Crippen LogP contribution in [0.15, 0.2) is 24.3 Å². The molecule has 0 atom stereocenters. The fourth-order valence-electron chi connectivity index (χ4n) is 1.60. The zero-order chi connectivity index (χ0) is 13.8. The summed E-state index contributed by atoms with van der Waals surface area (Å²) >= 11 is 11.5. The van der Waals surface area contributed by atoms with Crippen molar-refractivity contribution in [2.24, 2.45) is 0 Å². The summed E-state index contributed by atoms with van der Waals surface area (Å²) in [7, 11) is 3.48.